The molecule has 0 spiro atoms. The Bertz CT molecular complexity index is 529. The molecular formula is C14H15NO3S. The predicted molar refractivity (Wildman–Crippen MR) is 75.2 cm³/mol. The van der Waals surface area contributed by atoms with Crippen LogP contribution in [0, 0.1) is 0 Å². The van der Waals surface area contributed by atoms with Crippen molar-refractivity contribution in [2.24, 2.45) is 0 Å². The van der Waals surface area contributed by atoms with E-state index in [2.05, 4.69) is 6.92 Å². The number of hydrogen-bond acceptors (Lipinski definition) is 4. The standard InChI is InChI=1S/C14H15NO3S/c1-10-15(6-7-19-10)14(16)5-3-11-2-4-12-13(8-11)18-9-17-12/h2-5,8,10H,6-7,9H2,1H3/b5-3+. The number of thioether (sulfide) groups is 1. The third-order valence-corrected chi connectivity index (χ3v) is 4.38. The number of rotatable bonds is 2. The highest BCUT2D eigenvalue weighted by molar-refractivity contribution is 8.00. The van der Waals surface area contributed by atoms with Gasteiger partial charge in [-0.05, 0) is 30.7 Å². The number of amides is 1. The van der Waals surface area contributed by atoms with Crippen LogP contribution in [0.15, 0.2) is 24.3 Å². The second-order valence-electron chi connectivity index (χ2n) is 4.45. The first-order valence-electron chi connectivity index (χ1n) is 6.24. The summed E-state index contributed by atoms with van der Waals surface area (Å²) < 4.78 is 10.6. The van der Waals surface area contributed by atoms with Gasteiger partial charge in [0, 0.05) is 18.4 Å². The third kappa shape index (κ3) is 2.56. The zero-order chi connectivity index (χ0) is 13.2. The van der Waals surface area contributed by atoms with Crippen molar-refractivity contribution in [1.29, 1.82) is 0 Å². The molecule has 1 aromatic rings. The molecule has 5 heteroatoms. The van der Waals surface area contributed by atoms with Gasteiger partial charge >= 0.3 is 0 Å². The van der Waals surface area contributed by atoms with Gasteiger partial charge in [-0.2, -0.15) is 0 Å². The zero-order valence-electron chi connectivity index (χ0n) is 10.7. The van der Waals surface area contributed by atoms with Crippen LogP contribution in [0.3, 0.4) is 0 Å². The minimum absolute atomic E-state index is 0.0650. The number of carbonyl (C=O) groups is 1. The number of ether oxygens (including phenoxy) is 2. The van der Waals surface area contributed by atoms with Crippen molar-refractivity contribution in [1.82, 2.24) is 4.90 Å². The van der Waals surface area contributed by atoms with Crippen LogP contribution < -0.4 is 9.47 Å². The molecule has 2 aliphatic heterocycles. The molecule has 1 aromatic carbocycles. The molecule has 1 saturated heterocycles. The van der Waals surface area contributed by atoms with E-state index in [9.17, 15) is 4.79 Å². The van der Waals surface area contributed by atoms with Crippen molar-refractivity contribution < 1.29 is 14.3 Å². The van der Waals surface area contributed by atoms with Crippen LogP contribution in [0.2, 0.25) is 0 Å². The lowest BCUT2D eigenvalue weighted by atomic mass is 10.2. The second-order valence-corrected chi connectivity index (χ2v) is 5.87. The highest BCUT2D eigenvalue weighted by Crippen LogP contribution is 2.32. The average Bonchev–Trinajstić information content (AvgIpc) is 3.03. The summed E-state index contributed by atoms with van der Waals surface area (Å²) >= 11 is 1.81. The molecule has 0 saturated carbocycles. The number of hydrogen-bond donors (Lipinski definition) is 0. The van der Waals surface area contributed by atoms with Crippen LogP contribution in [0.4, 0.5) is 0 Å². The van der Waals surface area contributed by atoms with Crippen LogP contribution >= 0.6 is 11.8 Å². The Morgan fingerprint density at radius 3 is 3.05 bits per heavy atom. The Kier molecular flexibility index (Phi) is 3.38. The van der Waals surface area contributed by atoms with E-state index < -0.39 is 0 Å². The maximum atomic E-state index is 12.0. The first-order valence-corrected chi connectivity index (χ1v) is 7.29. The highest BCUT2D eigenvalue weighted by Gasteiger charge is 2.23. The van der Waals surface area contributed by atoms with Gasteiger partial charge in [-0.3, -0.25) is 4.79 Å². The monoisotopic (exact) mass is 277 g/mol. The van der Waals surface area contributed by atoms with Gasteiger partial charge in [0.2, 0.25) is 12.7 Å². The molecule has 2 aliphatic rings. The van der Waals surface area contributed by atoms with Crippen LogP contribution in [-0.2, 0) is 4.79 Å². The molecule has 1 atom stereocenters. The van der Waals surface area contributed by atoms with Crippen molar-refractivity contribution in [3.63, 3.8) is 0 Å². The van der Waals surface area contributed by atoms with E-state index >= 15 is 0 Å². The van der Waals surface area contributed by atoms with Crippen molar-refractivity contribution in [3.05, 3.63) is 29.8 Å². The molecule has 19 heavy (non-hydrogen) atoms. The Morgan fingerprint density at radius 2 is 2.26 bits per heavy atom. The number of nitrogens with zero attached hydrogens (tertiary/aromatic N) is 1. The third-order valence-electron chi connectivity index (χ3n) is 3.23. The lowest BCUT2D eigenvalue weighted by Gasteiger charge is -2.18. The van der Waals surface area contributed by atoms with E-state index in [-0.39, 0.29) is 18.1 Å². The van der Waals surface area contributed by atoms with Crippen molar-refractivity contribution in [2.45, 2.75) is 12.3 Å². The SMILES string of the molecule is CC1SCCN1C(=O)/C=C/c1ccc2c(c1)OCO2. The normalized spacial score (nSPS) is 21.3. The smallest absolute Gasteiger partial charge is 0.247 e. The molecule has 2 heterocycles. The molecule has 0 bridgehead atoms. The molecule has 100 valence electrons. The summed E-state index contributed by atoms with van der Waals surface area (Å²) in [5.74, 6) is 2.58. The van der Waals surface area contributed by atoms with Gasteiger partial charge in [0.15, 0.2) is 11.5 Å². The molecule has 0 aliphatic carbocycles. The van der Waals surface area contributed by atoms with Gasteiger partial charge in [0.05, 0.1) is 5.37 Å². The van der Waals surface area contributed by atoms with Crippen LogP contribution in [-0.4, -0.2) is 35.3 Å². The highest BCUT2D eigenvalue weighted by atomic mass is 32.2. The summed E-state index contributed by atoms with van der Waals surface area (Å²) in [5.41, 5.74) is 0.942. The summed E-state index contributed by atoms with van der Waals surface area (Å²) in [6.45, 7) is 3.16. The second kappa shape index (κ2) is 5.17. The van der Waals surface area contributed by atoms with E-state index in [1.54, 1.807) is 17.8 Å². The lowest BCUT2D eigenvalue weighted by Crippen LogP contribution is -2.31. The topological polar surface area (TPSA) is 38.8 Å². The Labute approximate surface area is 116 Å². The Morgan fingerprint density at radius 1 is 1.42 bits per heavy atom. The van der Waals surface area contributed by atoms with E-state index in [0.29, 0.717) is 0 Å². The fourth-order valence-corrected chi connectivity index (χ4v) is 3.20. The summed E-state index contributed by atoms with van der Waals surface area (Å²) in [6.07, 6.45) is 3.44. The molecular weight excluding hydrogens is 262 g/mol. The van der Waals surface area contributed by atoms with Gasteiger partial charge < -0.3 is 14.4 Å². The fourth-order valence-electron chi connectivity index (χ4n) is 2.16. The van der Waals surface area contributed by atoms with Gasteiger partial charge in [0.25, 0.3) is 0 Å². The molecule has 4 nitrogen and oxygen atoms in total. The molecule has 0 radical (unpaired) electrons. The lowest BCUT2D eigenvalue weighted by molar-refractivity contribution is -0.125. The van der Waals surface area contributed by atoms with E-state index in [4.69, 9.17) is 9.47 Å². The Balaban J connectivity index is 1.70. The molecule has 0 N–H and O–H groups in total. The zero-order valence-corrected chi connectivity index (χ0v) is 11.5. The van der Waals surface area contributed by atoms with Gasteiger partial charge in [-0.1, -0.05) is 6.07 Å². The maximum absolute atomic E-state index is 12.0. The van der Waals surface area contributed by atoms with Crippen LogP contribution in [0.25, 0.3) is 6.08 Å². The van der Waals surface area contributed by atoms with Crippen molar-refractivity contribution in [2.75, 3.05) is 19.1 Å². The molecule has 1 fully saturated rings. The summed E-state index contributed by atoms with van der Waals surface area (Å²) in [6, 6.07) is 5.66. The number of fused-ring (bicyclic) bond motifs is 1. The number of benzene rings is 1. The molecule has 3 rings (SSSR count). The first-order chi connectivity index (χ1) is 9.24. The fraction of sp³-hybridized carbons (Fsp3) is 0.357. The van der Waals surface area contributed by atoms with Crippen LogP contribution in [0.1, 0.15) is 12.5 Å². The molecule has 1 unspecified atom stereocenters. The predicted octanol–water partition coefficient (Wildman–Crippen LogP) is 2.35. The molecule has 1 amide bonds. The van der Waals surface area contributed by atoms with Crippen molar-refractivity contribution >= 4 is 23.7 Å². The maximum Gasteiger partial charge on any atom is 0.247 e. The van der Waals surface area contributed by atoms with Gasteiger partial charge in [-0.15, -0.1) is 11.8 Å². The minimum atomic E-state index is 0.0650. The van der Waals surface area contributed by atoms with Crippen LogP contribution in [0.5, 0.6) is 11.5 Å². The quantitative estimate of drug-likeness (QED) is 0.778. The largest absolute Gasteiger partial charge is 0.454 e. The minimum Gasteiger partial charge on any atom is -0.454 e. The van der Waals surface area contributed by atoms with Crippen molar-refractivity contribution in [3.8, 4) is 11.5 Å². The van der Waals surface area contributed by atoms with E-state index in [1.807, 2.05) is 29.2 Å². The van der Waals surface area contributed by atoms with E-state index in [0.717, 1.165) is 29.4 Å². The summed E-state index contributed by atoms with van der Waals surface area (Å²) in [7, 11) is 0. The molecule has 0 aromatic heterocycles. The van der Waals surface area contributed by atoms with Gasteiger partial charge in [0.1, 0.15) is 0 Å². The summed E-state index contributed by atoms with van der Waals surface area (Å²) in [5, 5.41) is 0.272. The number of carbonyl (C=O) groups excluding carboxylic acids is 1. The average molecular weight is 277 g/mol. The van der Waals surface area contributed by atoms with E-state index in [1.165, 1.54) is 0 Å². The first kappa shape index (κ1) is 12.4. The van der Waals surface area contributed by atoms with Gasteiger partial charge in [-0.25, -0.2) is 0 Å². The summed E-state index contributed by atoms with van der Waals surface area (Å²) in [4.78, 5) is 13.9. The Hall–Kier alpha value is -1.62.